The van der Waals surface area contributed by atoms with Gasteiger partial charge in [0.05, 0.1) is 16.8 Å². The Balaban J connectivity index is 1.59. The van der Waals surface area contributed by atoms with Crippen molar-refractivity contribution >= 4 is 23.6 Å². The maximum atomic E-state index is 14.5. The number of hydrogen-bond acceptors (Lipinski definition) is 6. The molecule has 0 unspecified atom stereocenters. The zero-order valence-corrected chi connectivity index (χ0v) is 27.1. The summed E-state index contributed by atoms with van der Waals surface area (Å²) in [6.07, 6.45) is -1.60. The number of nitrogens with one attached hydrogen (secondary N) is 1. The van der Waals surface area contributed by atoms with E-state index in [1.807, 2.05) is 18.2 Å². The van der Waals surface area contributed by atoms with Gasteiger partial charge < -0.3 is 29.3 Å². The summed E-state index contributed by atoms with van der Waals surface area (Å²) >= 11 is 0. The zero-order chi connectivity index (χ0) is 33.6. The van der Waals surface area contributed by atoms with Crippen molar-refractivity contribution in [2.24, 2.45) is 5.92 Å². The van der Waals surface area contributed by atoms with Crippen LogP contribution in [-0.2, 0) is 27.1 Å². The third-order valence-electron chi connectivity index (χ3n) is 8.60. The molecule has 1 aliphatic carbocycles. The molecule has 1 saturated carbocycles. The predicted octanol–water partition coefficient (Wildman–Crippen LogP) is 6.58. The highest BCUT2D eigenvalue weighted by molar-refractivity contribution is 6.05. The molecule has 3 amide bonds. The van der Waals surface area contributed by atoms with Gasteiger partial charge in [-0.15, -0.1) is 0 Å². The van der Waals surface area contributed by atoms with Crippen LogP contribution in [0.4, 0.5) is 23.7 Å². The fourth-order valence-corrected chi connectivity index (χ4v) is 6.25. The van der Waals surface area contributed by atoms with E-state index in [4.69, 9.17) is 14.2 Å². The van der Waals surface area contributed by atoms with Crippen molar-refractivity contribution in [3.05, 3.63) is 59.2 Å². The number of methoxy groups -OCH3 is 1. The largest absolute Gasteiger partial charge is 0.476 e. The number of fused-ring (bicyclic) bond motifs is 1. The lowest BCUT2D eigenvalue weighted by molar-refractivity contribution is -0.138. The molecule has 2 aromatic carbocycles. The molecular weight excluding hydrogens is 603 g/mol. The monoisotopic (exact) mass is 647 g/mol. The van der Waals surface area contributed by atoms with E-state index in [1.165, 1.54) is 18.7 Å². The third kappa shape index (κ3) is 8.31. The highest BCUT2D eigenvalue weighted by Crippen LogP contribution is 2.44. The maximum absolute atomic E-state index is 14.5. The molecule has 252 valence electrons. The van der Waals surface area contributed by atoms with E-state index in [2.05, 4.69) is 5.32 Å². The van der Waals surface area contributed by atoms with Crippen molar-refractivity contribution in [2.75, 3.05) is 31.7 Å². The van der Waals surface area contributed by atoms with Gasteiger partial charge >= 0.3 is 12.3 Å². The van der Waals surface area contributed by atoms with Crippen molar-refractivity contribution in [2.45, 2.75) is 90.3 Å². The van der Waals surface area contributed by atoms with Gasteiger partial charge in [0.1, 0.15) is 12.4 Å². The molecule has 1 fully saturated rings. The molecule has 0 spiro atoms. The first kappa shape index (κ1) is 35.1. The number of ether oxygens (including phenoxy) is 3. The zero-order valence-electron chi connectivity index (χ0n) is 27.1. The summed E-state index contributed by atoms with van der Waals surface area (Å²) in [5, 5.41) is 2.59. The number of halogens is 3. The van der Waals surface area contributed by atoms with E-state index < -0.39 is 40.8 Å². The number of hydrogen-bond donors (Lipinski definition) is 1. The van der Waals surface area contributed by atoms with Crippen molar-refractivity contribution < 1.29 is 41.8 Å². The third-order valence-corrected chi connectivity index (χ3v) is 8.60. The number of alkyl halides is 3. The minimum atomic E-state index is -4.86. The fourth-order valence-electron chi connectivity index (χ4n) is 6.25. The number of carbonyl (C=O) groups excluding carboxylic acids is 3. The van der Waals surface area contributed by atoms with Crippen LogP contribution in [0.5, 0.6) is 5.75 Å². The average Bonchev–Trinajstić information content (AvgIpc) is 3.00. The standard InChI is InChI=1S/C34H44F3N3O6/c1-22(2)40(25-13-11-23(12-14-25)15-18-44-5)30(41)26-19-28-29(20-27(26)34(35,36)37)46-33(3,4)31(42)39(28)17-16-38-32(43)45-21-24-9-7-6-8-10-24/h6-10,19-20,22-23,25H,11-18,21H2,1-5H3,(H,38,43). The van der Waals surface area contributed by atoms with Gasteiger partial charge in [-0.05, 0) is 83.4 Å². The molecule has 2 aromatic rings. The van der Waals surface area contributed by atoms with Crippen molar-refractivity contribution in [3.8, 4) is 5.75 Å². The van der Waals surface area contributed by atoms with E-state index in [0.29, 0.717) is 25.4 Å². The summed E-state index contributed by atoms with van der Waals surface area (Å²) in [6.45, 7) is 7.07. The molecule has 0 bridgehead atoms. The molecule has 1 aliphatic heterocycles. The Morgan fingerprint density at radius 3 is 2.39 bits per heavy atom. The van der Waals surface area contributed by atoms with Crippen LogP contribution >= 0.6 is 0 Å². The highest BCUT2D eigenvalue weighted by Gasteiger charge is 2.45. The van der Waals surface area contributed by atoms with Gasteiger partial charge in [0.15, 0.2) is 5.60 Å². The van der Waals surface area contributed by atoms with Crippen LogP contribution in [-0.4, -0.2) is 67.3 Å². The second-order valence-electron chi connectivity index (χ2n) is 12.7. The lowest BCUT2D eigenvalue weighted by atomic mass is 9.83. The maximum Gasteiger partial charge on any atom is 0.417 e. The molecule has 0 radical (unpaired) electrons. The summed E-state index contributed by atoms with van der Waals surface area (Å²) in [5.41, 5.74) is -2.32. The first-order chi connectivity index (χ1) is 21.7. The van der Waals surface area contributed by atoms with Gasteiger partial charge in [0, 0.05) is 38.9 Å². The van der Waals surface area contributed by atoms with Gasteiger partial charge in [-0.1, -0.05) is 30.3 Å². The molecule has 4 rings (SSSR count). The molecule has 46 heavy (non-hydrogen) atoms. The van der Waals surface area contributed by atoms with E-state index in [9.17, 15) is 27.6 Å². The summed E-state index contributed by atoms with van der Waals surface area (Å²) in [4.78, 5) is 42.7. The van der Waals surface area contributed by atoms with Crippen LogP contribution in [0.3, 0.4) is 0 Å². The molecular formula is C34H44F3N3O6. The second kappa shape index (κ2) is 14.7. The van der Waals surface area contributed by atoms with E-state index in [-0.39, 0.29) is 43.2 Å². The van der Waals surface area contributed by atoms with Crippen LogP contribution in [0.1, 0.15) is 81.3 Å². The van der Waals surface area contributed by atoms with Gasteiger partial charge in [0.2, 0.25) is 0 Å². The van der Waals surface area contributed by atoms with Gasteiger partial charge in [-0.2, -0.15) is 13.2 Å². The van der Waals surface area contributed by atoms with E-state index in [1.54, 1.807) is 38.0 Å². The number of amides is 3. The number of carbonyl (C=O) groups is 3. The van der Waals surface area contributed by atoms with Crippen LogP contribution in [0.2, 0.25) is 0 Å². The van der Waals surface area contributed by atoms with Gasteiger partial charge in [0.25, 0.3) is 11.8 Å². The molecule has 12 heteroatoms. The van der Waals surface area contributed by atoms with Crippen LogP contribution < -0.4 is 15.0 Å². The molecule has 1 heterocycles. The van der Waals surface area contributed by atoms with Crippen molar-refractivity contribution in [1.82, 2.24) is 10.2 Å². The molecule has 0 atom stereocenters. The lowest BCUT2D eigenvalue weighted by Gasteiger charge is -2.41. The number of alkyl carbamates (subject to hydrolysis) is 1. The number of nitrogens with zero attached hydrogens (tertiary/aromatic N) is 2. The fraction of sp³-hybridized carbons (Fsp3) is 0.559. The minimum absolute atomic E-state index is 0.0344. The first-order valence-electron chi connectivity index (χ1n) is 15.7. The normalized spacial score (nSPS) is 19.3. The van der Waals surface area contributed by atoms with Gasteiger partial charge in [-0.25, -0.2) is 4.79 Å². The Kier molecular flexibility index (Phi) is 11.2. The predicted molar refractivity (Wildman–Crippen MR) is 167 cm³/mol. The Bertz CT molecular complexity index is 1370. The average molecular weight is 648 g/mol. The highest BCUT2D eigenvalue weighted by atomic mass is 19.4. The number of rotatable bonds is 11. The topological polar surface area (TPSA) is 97.4 Å². The SMILES string of the molecule is COCCC1CCC(N(C(=O)c2cc3c(cc2C(F)(F)F)OC(C)(C)C(=O)N3CCNC(=O)OCc2ccccc2)C(C)C)CC1. The molecule has 2 aliphatic rings. The number of anilines is 1. The smallest absolute Gasteiger partial charge is 0.417 e. The minimum Gasteiger partial charge on any atom is -0.476 e. The van der Waals surface area contributed by atoms with E-state index in [0.717, 1.165) is 37.0 Å². The molecule has 0 aromatic heterocycles. The summed E-state index contributed by atoms with van der Waals surface area (Å²) in [7, 11) is 1.65. The van der Waals surface area contributed by atoms with E-state index >= 15 is 0 Å². The number of benzene rings is 2. The Morgan fingerprint density at radius 2 is 1.78 bits per heavy atom. The van der Waals surface area contributed by atoms with Crippen LogP contribution in [0.15, 0.2) is 42.5 Å². The second-order valence-corrected chi connectivity index (χ2v) is 12.7. The quantitative estimate of drug-likeness (QED) is 0.296. The summed E-state index contributed by atoms with van der Waals surface area (Å²) < 4.78 is 59.8. The first-order valence-corrected chi connectivity index (χ1v) is 15.7. The van der Waals surface area contributed by atoms with Gasteiger partial charge in [-0.3, -0.25) is 9.59 Å². The van der Waals surface area contributed by atoms with Crippen molar-refractivity contribution in [3.63, 3.8) is 0 Å². The Labute approximate surface area is 268 Å². The Hall–Kier alpha value is -3.80. The van der Waals surface area contributed by atoms with Crippen LogP contribution in [0, 0.1) is 5.92 Å². The molecule has 1 N–H and O–H groups in total. The summed E-state index contributed by atoms with van der Waals surface area (Å²) in [6, 6.07) is 10.4. The molecule has 0 saturated heterocycles. The summed E-state index contributed by atoms with van der Waals surface area (Å²) in [5.74, 6) is -0.994. The van der Waals surface area contributed by atoms with Crippen LogP contribution in [0.25, 0.3) is 0 Å². The van der Waals surface area contributed by atoms with Crippen molar-refractivity contribution in [1.29, 1.82) is 0 Å². The Morgan fingerprint density at radius 1 is 1.11 bits per heavy atom. The lowest BCUT2D eigenvalue weighted by Crippen LogP contribution is -2.54. The molecule has 9 nitrogen and oxygen atoms in total.